The van der Waals surface area contributed by atoms with Crippen LogP contribution in [0.2, 0.25) is 0 Å². The summed E-state index contributed by atoms with van der Waals surface area (Å²) in [7, 11) is 0. The van der Waals surface area contributed by atoms with Gasteiger partial charge in [0.15, 0.2) is 40.5 Å². The minimum Gasteiger partial charge on any atom is -0.391 e. The molecule has 0 saturated carbocycles. The second-order valence-corrected chi connectivity index (χ2v) is 48.9. The molecule has 0 radical (unpaired) electrons. The van der Waals surface area contributed by atoms with Gasteiger partial charge in [0.2, 0.25) is 41.4 Å². The van der Waals surface area contributed by atoms with E-state index in [1.54, 1.807) is 83.1 Å². The number of rotatable bonds is 24. The Labute approximate surface area is 823 Å². The van der Waals surface area contributed by atoms with Gasteiger partial charge in [-0.25, -0.2) is 0 Å². The van der Waals surface area contributed by atoms with Crippen LogP contribution in [0.1, 0.15) is 416 Å². The highest BCUT2D eigenvalue weighted by Gasteiger charge is 2.41. The van der Waals surface area contributed by atoms with Crippen molar-refractivity contribution in [3.8, 4) is 0 Å². The zero-order valence-corrected chi connectivity index (χ0v) is 88.2. The number of carbonyl (C=O) groups is 14. The Bertz CT molecular complexity index is 3540. The van der Waals surface area contributed by atoms with Gasteiger partial charge >= 0.3 is 0 Å². The molecule has 2 aromatic carbocycles. The maximum Gasteiger partial charge on any atom is 0.226 e. The van der Waals surface area contributed by atoms with Crippen molar-refractivity contribution >= 4 is 81.8 Å². The lowest BCUT2D eigenvalue weighted by atomic mass is 9.83. The standard InChI is InChI=1S/2C18H27NO2.2C15H29NO2.2C13H25NO3.C11H21NO2.8CH4/c2*1-17(2,3)15(20)14(19-16(21)18(4,5)6)12-13-10-8-7-9-11-13;2*1-10(2)9-11(12(17)14(3,4)5)16-13(18)15(6,7)8;2*1-8(15)9(10(16)12(2,3)4)14-11(17)13(5,6)7;1-10(2,3)8(13)7-12-9(14)11(4,5)6;;;;;;;;/h2*7-11,14H,12H2,1-6H3,(H,19,21);2*10-11H,9H2,1-8H3,(H,16,18);2*8-9,15H,1-7H3,(H,14,17);7H2,1-6H3,(H,12,14);8*1H4/t2*14-;2*11-;2*8?,9-;;;;;;;;;/m101010........./s1. The molecule has 2 unspecified atom stereocenters. The van der Waals surface area contributed by atoms with Gasteiger partial charge in [-0.15, -0.1) is 0 Å². The predicted octanol–water partition coefficient (Wildman–Crippen LogP) is 23.0. The van der Waals surface area contributed by atoms with Crippen LogP contribution in [0.4, 0.5) is 0 Å². The smallest absolute Gasteiger partial charge is 0.226 e. The largest absolute Gasteiger partial charge is 0.391 e. The van der Waals surface area contributed by atoms with Gasteiger partial charge < -0.3 is 47.4 Å². The summed E-state index contributed by atoms with van der Waals surface area (Å²) in [6.45, 7) is 88.6. The van der Waals surface area contributed by atoms with Gasteiger partial charge in [0, 0.05) is 75.8 Å². The minimum atomic E-state index is -0.895. The number of benzene rings is 2. The summed E-state index contributed by atoms with van der Waals surface area (Å²) in [5, 5.41) is 38.8. The van der Waals surface area contributed by atoms with Crippen LogP contribution in [0.3, 0.4) is 0 Å². The maximum absolute atomic E-state index is 12.6. The molecule has 0 heterocycles. The maximum atomic E-state index is 12.6. The highest BCUT2D eigenvalue weighted by Crippen LogP contribution is 2.29. The van der Waals surface area contributed by atoms with Gasteiger partial charge in [-0.3, -0.25) is 67.1 Å². The molecule has 8 atom stereocenters. The summed E-state index contributed by atoms with van der Waals surface area (Å²) in [5.74, 6) is -0.0698. The average Bonchev–Trinajstić information content (AvgIpc) is 0.859. The van der Waals surface area contributed by atoms with Gasteiger partial charge in [0.1, 0.15) is 12.1 Å². The Morgan fingerprint density at radius 1 is 0.231 bits per heavy atom. The van der Waals surface area contributed by atoms with E-state index >= 15 is 0 Å². The molecule has 9 N–H and O–H groups in total. The molecular formula is C111H215N7O16. The van der Waals surface area contributed by atoms with E-state index in [2.05, 4.69) is 64.9 Å². The van der Waals surface area contributed by atoms with E-state index in [1.165, 1.54) is 13.8 Å². The first-order chi connectivity index (χ1) is 55.5. The van der Waals surface area contributed by atoms with Crippen LogP contribution < -0.4 is 37.2 Å². The summed E-state index contributed by atoms with van der Waals surface area (Å²) in [6.07, 6.45) is 0.647. The highest BCUT2D eigenvalue weighted by molar-refractivity contribution is 5.98. The van der Waals surface area contributed by atoms with Crippen molar-refractivity contribution in [1.29, 1.82) is 0 Å². The van der Waals surface area contributed by atoms with Gasteiger partial charge in [-0.2, -0.15) is 0 Å². The number of nitrogens with one attached hydrogen (secondary N) is 7. The Balaban J connectivity index is -0.000000115. The number of hydrogen-bond donors (Lipinski definition) is 9. The number of Topliss-reactive ketones (excluding diaryl/α,β-unsaturated/α-hetero) is 7. The normalized spacial score (nSPS) is 13.6. The number of ketones is 7. The third kappa shape index (κ3) is 66.0. The van der Waals surface area contributed by atoms with E-state index < -0.39 is 107 Å². The molecule has 23 nitrogen and oxygen atoms in total. The van der Waals surface area contributed by atoms with E-state index in [9.17, 15) is 77.3 Å². The lowest BCUT2D eigenvalue weighted by molar-refractivity contribution is -0.138. The van der Waals surface area contributed by atoms with Crippen LogP contribution in [0.25, 0.3) is 0 Å². The fraction of sp³-hybridized carbons (Fsp3) is 0.766. The van der Waals surface area contributed by atoms with Crippen LogP contribution in [-0.2, 0) is 80.0 Å². The molecule has 0 aliphatic carbocycles. The second-order valence-electron chi connectivity index (χ2n) is 48.9. The van der Waals surface area contributed by atoms with Crippen LogP contribution >= 0.6 is 0 Å². The molecule has 0 aromatic heterocycles. The molecule has 790 valence electrons. The lowest BCUT2D eigenvalue weighted by Crippen LogP contribution is -2.53. The minimum absolute atomic E-state index is 0. The van der Waals surface area contributed by atoms with E-state index in [-0.39, 0.29) is 165 Å². The zero-order chi connectivity index (χ0) is 102. The van der Waals surface area contributed by atoms with Gasteiger partial charge in [-0.1, -0.05) is 439 Å². The zero-order valence-electron chi connectivity index (χ0n) is 88.2. The SMILES string of the molecule is C.C.C.C.C.C.C.C.CC(C)(C)C(=O)CNC(=O)C(C)(C)C.CC(C)(C)C(=O)N[C@@H](Cc1ccccc1)C(=O)C(C)(C)C.CC(C)(C)C(=O)N[C@H](Cc1ccccc1)C(=O)C(C)(C)C.CC(C)C[C@@H](NC(=O)C(C)(C)C)C(=O)C(C)(C)C.CC(C)C[C@H](NC(=O)C(C)(C)C)C(=O)C(C)(C)C.CC(O)[C@@H](NC(=O)C(C)(C)C)C(=O)C(C)(C)C.CC(O)[C@H](NC(=O)C(C)(C)C)C(=O)C(C)(C)C. The molecule has 23 heteroatoms. The molecule has 0 fully saturated rings. The van der Waals surface area contributed by atoms with Crippen molar-refractivity contribution in [2.45, 2.75) is 466 Å². The van der Waals surface area contributed by atoms with E-state index in [4.69, 9.17) is 0 Å². The molecule has 0 saturated heterocycles. The van der Waals surface area contributed by atoms with Gasteiger partial charge in [0.25, 0.3) is 0 Å². The molecule has 0 aliphatic heterocycles. The topological polar surface area (TPSA) is 364 Å². The van der Waals surface area contributed by atoms with Gasteiger partial charge in [-0.05, 0) is 62.5 Å². The molecule has 0 spiro atoms. The van der Waals surface area contributed by atoms with Crippen molar-refractivity contribution in [3.63, 3.8) is 0 Å². The van der Waals surface area contributed by atoms with Crippen LogP contribution in [0.5, 0.6) is 0 Å². The van der Waals surface area contributed by atoms with Crippen molar-refractivity contribution in [2.75, 3.05) is 6.54 Å². The average molecular weight is 1900 g/mol. The van der Waals surface area contributed by atoms with Crippen molar-refractivity contribution in [2.24, 2.45) is 87.6 Å². The van der Waals surface area contributed by atoms with Crippen molar-refractivity contribution in [3.05, 3.63) is 71.8 Å². The highest BCUT2D eigenvalue weighted by atomic mass is 16.3. The third-order valence-corrected chi connectivity index (χ3v) is 19.0. The lowest BCUT2D eigenvalue weighted by Gasteiger charge is -2.29. The number of amides is 7. The molecule has 2 aromatic rings. The quantitative estimate of drug-likeness (QED) is 0.0471. The molecule has 134 heavy (non-hydrogen) atoms. The van der Waals surface area contributed by atoms with Crippen molar-refractivity contribution < 1.29 is 77.3 Å². The summed E-state index contributed by atoms with van der Waals surface area (Å²) in [6, 6.07) is 16.2. The van der Waals surface area contributed by atoms with Gasteiger partial charge in [0.05, 0.1) is 42.9 Å². The second kappa shape index (κ2) is 62.3. The number of aliphatic hydroxyl groups excluding tert-OH is 2. The van der Waals surface area contributed by atoms with Crippen molar-refractivity contribution in [1.82, 2.24) is 37.2 Å². The predicted molar refractivity (Wildman–Crippen MR) is 568 cm³/mol. The van der Waals surface area contributed by atoms with E-state index in [0.29, 0.717) is 37.5 Å². The first-order valence-electron chi connectivity index (χ1n) is 44.9. The number of hydrogen-bond acceptors (Lipinski definition) is 16. The fourth-order valence-electron chi connectivity index (χ4n) is 10.3. The summed E-state index contributed by atoms with van der Waals surface area (Å²) in [4.78, 5) is 169. The molecule has 7 amide bonds. The summed E-state index contributed by atoms with van der Waals surface area (Å²) in [5.41, 5.74) is -4.81. The number of aliphatic hydroxyl groups is 2. The van der Waals surface area contributed by atoms with E-state index in [1.807, 2.05) is 268 Å². The first-order valence-corrected chi connectivity index (χ1v) is 44.9. The third-order valence-electron chi connectivity index (χ3n) is 19.0. The Kier molecular flexibility index (Phi) is 71.9. The first kappa shape index (κ1) is 155. The van der Waals surface area contributed by atoms with Crippen LogP contribution in [0.15, 0.2) is 60.7 Å². The Hall–Kier alpha value is -7.66. The molecular weight excluding hydrogens is 1690 g/mol. The Morgan fingerprint density at radius 2 is 0.403 bits per heavy atom. The monoisotopic (exact) mass is 1900 g/mol. The summed E-state index contributed by atoms with van der Waals surface area (Å²) < 4.78 is 0. The van der Waals surface area contributed by atoms with Crippen LogP contribution in [-0.4, -0.2) is 147 Å². The fourth-order valence-corrected chi connectivity index (χ4v) is 10.3. The summed E-state index contributed by atoms with van der Waals surface area (Å²) >= 11 is 0. The van der Waals surface area contributed by atoms with Crippen LogP contribution in [0, 0.1) is 87.6 Å². The Morgan fingerprint density at radius 3 is 0.560 bits per heavy atom. The van der Waals surface area contributed by atoms with E-state index in [0.717, 1.165) is 11.1 Å². The molecule has 0 bridgehead atoms. The number of carbonyl (C=O) groups excluding carboxylic acids is 14. The molecule has 0 aliphatic rings. The molecule has 2 rings (SSSR count).